The molecule has 0 radical (unpaired) electrons. The minimum atomic E-state index is -1.31. The third-order valence-corrected chi connectivity index (χ3v) is 3.58. The zero-order valence-corrected chi connectivity index (χ0v) is 13.1. The molecule has 0 spiro atoms. The van der Waals surface area contributed by atoms with Crippen LogP contribution in [0.2, 0.25) is 0 Å². The van der Waals surface area contributed by atoms with Crippen molar-refractivity contribution < 1.29 is 14.4 Å². The second kappa shape index (κ2) is 6.15. The summed E-state index contributed by atoms with van der Waals surface area (Å²) in [5, 5.41) is 17.5. The lowest BCUT2D eigenvalue weighted by atomic mass is 9.88. The fourth-order valence-corrected chi connectivity index (χ4v) is 2.68. The smallest absolute Gasteiger partial charge is 0.255 e. The summed E-state index contributed by atoms with van der Waals surface area (Å²) in [5.41, 5.74) is -0.525. The number of nitrogens with zero attached hydrogens (tertiary/aromatic N) is 2. The van der Waals surface area contributed by atoms with E-state index in [0.29, 0.717) is 19.5 Å². The van der Waals surface area contributed by atoms with Crippen LogP contribution in [0.4, 0.5) is 0 Å². The fraction of sp³-hybridized carbons (Fsp3) is 0.733. The normalized spacial score (nSPS) is 23.6. The lowest BCUT2D eigenvalue weighted by Gasteiger charge is -2.40. The number of aliphatic hydroxyl groups is 1. The van der Waals surface area contributed by atoms with Gasteiger partial charge in [0.05, 0.1) is 5.69 Å². The molecular formula is C15H25N3O3. The molecule has 1 atom stereocenters. The Morgan fingerprint density at radius 3 is 2.90 bits per heavy atom. The Morgan fingerprint density at radius 2 is 2.29 bits per heavy atom. The van der Waals surface area contributed by atoms with E-state index in [1.807, 2.05) is 0 Å². The number of rotatable bonds is 5. The summed E-state index contributed by atoms with van der Waals surface area (Å²) in [4.78, 5) is 14.3. The summed E-state index contributed by atoms with van der Waals surface area (Å²) < 4.78 is 4.75. The van der Waals surface area contributed by atoms with Crippen molar-refractivity contribution in [2.45, 2.75) is 45.8 Å². The Balaban J connectivity index is 1.91. The van der Waals surface area contributed by atoms with Crippen LogP contribution in [0.25, 0.3) is 0 Å². The van der Waals surface area contributed by atoms with E-state index in [0.717, 1.165) is 18.7 Å². The van der Waals surface area contributed by atoms with Crippen LogP contribution in [0.15, 0.2) is 16.9 Å². The third-order valence-electron chi connectivity index (χ3n) is 3.58. The molecule has 0 saturated carbocycles. The maximum absolute atomic E-state index is 12.5. The van der Waals surface area contributed by atoms with E-state index >= 15 is 0 Å². The maximum Gasteiger partial charge on any atom is 0.255 e. The predicted octanol–water partition coefficient (Wildman–Crippen LogP) is 1.16. The van der Waals surface area contributed by atoms with Gasteiger partial charge in [-0.2, -0.15) is 0 Å². The van der Waals surface area contributed by atoms with E-state index in [2.05, 4.69) is 31.2 Å². The molecule has 2 heterocycles. The van der Waals surface area contributed by atoms with E-state index in [9.17, 15) is 9.90 Å². The third kappa shape index (κ3) is 4.28. The number of carbonyl (C=O) groups is 1. The Bertz CT molecular complexity index is 467. The van der Waals surface area contributed by atoms with E-state index < -0.39 is 5.60 Å². The summed E-state index contributed by atoms with van der Waals surface area (Å²) in [6.07, 6.45) is 2.82. The molecule has 0 aromatic carbocycles. The molecule has 0 aliphatic carbocycles. The zero-order valence-electron chi connectivity index (χ0n) is 13.1. The summed E-state index contributed by atoms with van der Waals surface area (Å²) >= 11 is 0. The largest absolute Gasteiger partial charge is 0.379 e. The van der Waals surface area contributed by atoms with Crippen molar-refractivity contribution in [2.24, 2.45) is 5.41 Å². The molecule has 0 unspecified atom stereocenters. The van der Waals surface area contributed by atoms with Crippen molar-refractivity contribution in [3.63, 3.8) is 0 Å². The summed E-state index contributed by atoms with van der Waals surface area (Å²) in [6.45, 7) is 8.38. The van der Waals surface area contributed by atoms with E-state index in [1.165, 1.54) is 6.26 Å². The molecule has 2 N–H and O–H groups in total. The van der Waals surface area contributed by atoms with Crippen molar-refractivity contribution >= 4 is 5.91 Å². The Hall–Kier alpha value is -1.40. The van der Waals surface area contributed by atoms with E-state index in [-0.39, 0.29) is 17.9 Å². The molecule has 1 fully saturated rings. The summed E-state index contributed by atoms with van der Waals surface area (Å²) in [7, 11) is 0. The molecule has 2 rings (SSSR count). The number of amides is 1. The average molecular weight is 295 g/mol. The van der Waals surface area contributed by atoms with Crippen molar-refractivity contribution in [3.8, 4) is 0 Å². The lowest BCUT2D eigenvalue weighted by molar-refractivity contribution is -0.158. The topological polar surface area (TPSA) is 78.6 Å². The first kappa shape index (κ1) is 16.0. The molecule has 1 aromatic rings. The molecule has 1 amide bonds. The van der Waals surface area contributed by atoms with Gasteiger partial charge < -0.3 is 19.8 Å². The first-order valence-corrected chi connectivity index (χ1v) is 7.42. The van der Waals surface area contributed by atoms with Gasteiger partial charge >= 0.3 is 0 Å². The van der Waals surface area contributed by atoms with Crippen molar-refractivity contribution in [3.05, 3.63) is 18.0 Å². The SMILES string of the molecule is CC(C)(C)CN1CCC[C@](O)(CNCc2ccon2)C1=O. The minimum absolute atomic E-state index is 0.0298. The van der Waals surface area contributed by atoms with Crippen LogP contribution < -0.4 is 5.32 Å². The van der Waals surface area contributed by atoms with Crippen LogP contribution in [0.1, 0.15) is 39.3 Å². The average Bonchev–Trinajstić information content (AvgIpc) is 2.87. The highest BCUT2D eigenvalue weighted by Gasteiger charge is 2.42. The van der Waals surface area contributed by atoms with Gasteiger partial charge in [0.1, 0.15) is 6.26 Å². The molecule has 21 heavy (non-hydrogen) atoms. The van der Waals surface area contributed by atoms with Gasteiger partial charge in [-0.15, -0.1) is 0 Å². The van der Waals surface area contributed by atoms with E-state index in [4.69, 9.17) is 4.52 Å². The van der Waals surface area contributed by atoms with Crippen molar-refractivity contribution in [1.82, 2.24) is 15.4 Å². The Kier molecular flexibility index (Phi) is 4.68. The Morgan fingerprint density at radius 1 is 1.52 bits per heavy atom. The van der Waals surface area contributed by atoms with Gasteiger partial charge in [0.15, 0.2) is 5.60 Å². The number of hydrogen-bond donors (Lipinski definition) is 2. The molecule has 1 saturated heterocycles. The minimum Gasteiger partial charge on any atom is -0.379 e. The molecule has 0 bridgehead atoms. The van der Waals surface area contributed by atoms with Crippen LogP contribution >= 0.6 is 0 Å². The molecule has 118 valence electrons. The van der Waals surface area contributed by atoms with Gasteiger partial charge in [0.25, 0.3) is 5.91 Å². The lowest BCUT2D eigenvalue weighted by Crippen LogP contribution is -2.59. The highest BCUT2D eigenvalue weighted by atomic mass is 16.5. The van der Waals surface area contributed by atoms with Crippen LogP contribution in [0, 0.1) is 5.41 Å². The second-order valence-corrected chi connectivity index (χ2v) is 7.02. The standard InChI is InChI=1S/C15H25N3O3/c1-14(2,3)11-18-7-4-6-15(20,13(18)19)10-16-9-12-5-8-21-17-12/h5,8,16,20H,4,6-7,9-11H2,1-3H3/t15-/m0/s1. The number of carbonyl (C=O) groups excluding carboxylic acids is 1. The predicted molar refractivity (Wildman–Crippen MR) is 78.4 cm³/mol. The molecule has 6 nitrogen and oxygen atoms in total. The number of piperidine rings is 1. The molecule has 1 aliphatic heterocycles. The summed E-state index contributed by atoms with van der Waals surface area (Å²) in [6, 6.07) is 1.76. The van der Waals surface area contributed by atoms with Crippen LogP contribution in [0.5, 0.6) is 0 Å². The highest BCUT2D eigenvalue weighted by Crippen LogP contribution is 2.25. The quantitative estimate of drug-likeness (QED) is 0.852. The molecular weight excluding hydrogens is 270 g/mol. The van der Waals surface area contributed by atoms with Crippen LogP contribution in [-0.2, 0) is 11.3 Å². The zero-order chi connectivity index (χ0) is 15.5. The van der Waals surface area contributed by atoms with Gasteiger partial charge in [0, 0.05) is 32.2 Å². The first-order chi connectivity index (χ1) is 9.80. The Labute approximate surface area is 125 Å². The number of hydrogen-bond acceptors (Lipinski definition) is 5. The highest BCUT2D eigenvalue weighted by molar-refractivity contribution is 5.86. The molecule has 1 aliphatic rings. The molecule has 1 aromatic heterocycles. The van der Waals surface area contributed by atoms with Crippen molar-refractivity contribution in [2.75, 3.05) is 19.6 Å². The van der Waals surface area contributed by atoms with Gasteiger partial charge in [-0.1, -0.05) is 25.9 Å². The van der Waals surface area contributed by atoms with Crippen molar-refractivity contribution in [1.29, 1.82) is 0 Å². The number of likely N-dealkylation sites (tertiary alicyclic amines) is 1. The first-order valence-electron chi connectivity index (χ1n) is 7.42. The molecule has 6 heteroatoms. The summed E-state index contributed by atoms with van der Waals surface area (Å²) in [5.74, 6) is -0.170. The van der Waals surface area contributed by atoms with Gasteiger partial charge in [0.2, 0.25) is 0 Å². The second-order valence-electron chi connectivity index (χ2n) is 7.02. The monoisotopic (exact) mass is 295 g/mol. The van der Waals surface area contributed by atoms with Crippen LogP contribution in [-0.4, -0.2) is 46.3 Å². The number of nitrogens with one attached hydrogen (secondary N) is 1. The number of aromatic nitrogens is 1. The van der Waals surface area contributed by atoms with Gasteiger partial charge in [-0.25, -0.2) is 0 Å². The van der Waals surface area contributed by atoms with Gasteiger partial charge in [-0.3, -0.25) is 4.79 Å². The maximum atomic E-state index is 12.5. The van der Waals surface area contributed by atoms with E-state index in [1.54, 1.807) is 11.0 Å². The van der Waals surface area contributed by atoms with Crippen LogP contribution in [0.3, 0.4) is 0 Å². The van der Waals surface area contributed by atoms with Gasteiger partial charge in [-0.05, 0) is 18.3 Å². The fourth-order valence-electron chi connectivity index (χ4n) is 2.68.